The summed E-state index contributed by atoms with van der Waals surface area (Å²) in [5.41, 5.74) is 1.70. The molecule has 2 aromatic carbocycles. The Morgan fingerprint density at radius 2 is 2.00 bits per heavy atom. The number of ether oxygens (including phenoxy) is 3. The lowest BCUT2D eigenvalue weighted by molar-refractivity contribution is 0.0759. The van der Waals surface area contributed by atoms with Crippen LogP contribution in [0.4, 0.5) is 0 Å². The molecule has 4 rings (SSSR count). The third-order valence-corrected chi connectivity index (χ3v) is 5.58. The molecule has 6 heteroatoms. The van der Waals surface area contributed by atoms with E-state index in [2.05, 4.69) is 0 Å². The van der Waals surface area contributed by atoms with Gasteiger partial charge in [0.15, 0.2) is 11.5 Å². The third-order valence-electron chi connectivity index (χ3n) is 4.32. The van der Waals surface area contributed by atoms with E-state index in [9.17, 15) is 4.79 Å². The number of thioether (sulfide) groups is 1. The highest BCUT2D eigenvalue weighted by atomic mass is 32.2. The Kier molecular flexibility index (Phi) is 4.44. The number of amides is 1. The van der Waals surface area contributed by atoms with Crippen molar-refractivity contribution in [1.82, 2.24) is 4.90 Å². The molecule has 5 nitrogen and oxygen atoms in total. The second-order valence-electron chi connectivity index (χ2n) is 5.86. The van der Waals surface area contributed by atoms with Crippen LogP contribution in [-0.2, 0) is 0 Å². The molecule has 1 fully saturated rings. The predicted octanol–water partition coefficient (Wildman–Crippen LogP) is 3.35. The van der Waals surface area contributed by atoms with Crippen molar-refractivity contribution in [2.75, 3.05) is 32.6 Å². The van der Waals surface area contributed by atoms with Gasteiger partial charge in [0.05, 0.1) is 7.11 Å². The van der Waals surface area contributed by atoms with Gasteiger partial charge in [-0.05, 0) is 35.9 Å². The summed E-state index contributed by atoms with van der Waals surface area (Å²) in [5, 5.41) is -0.0190. The average molecular weight is 357 g/mol. The number of fused-ring (bicyclic) bond motifs is 1. The lowest BCUT2D eigenvalue weighted by Crippen LogP contribution is -2.30. The van der Waals surface area contributed by atoms with E-state index in [1.807, 2.05) is 41.3 Å². The van der Waals surface area contributed by atoms with Crippen molar-refractivity contribution in [2.24, 2.45) is 0 Å². The molecule has 0 aromatic heterocycles. The molecule has 0 bridgehead atoms. The maximum Gasteiger partial charge on any atom is 0.255 e. The molecule has 0 radical (unpaired) electrons. The van der Waals surface area contributed by atoms with Crippen LogP contribution in [0, 0.1) is 0 Å². The molecule has 2 aliphatic heterocycles. The molecule has 2 heterocycles. The number of carbonyl (C=O) groups is 1. The number of hydrogen-bond acceptors (Lipinski definition) is 5. The maximum atomic E-state index is 13.0. The first-order chi connectivity index (χ1) is 12.3. The Morgan fingerprint density at radius 1 is 1.16 bits per heavy atom. The van der Waals surface area contributed by atoms with Gasteiger partial charge in [0, 0.05) is 17.9 Å². The van der Waals surface area contributed by atoms with Gasteiger partial charge in [-0.1, -0.05) is 12.1 Å². The molecule has 1 atom stereocenters. The summed E-state index contributed by atoms with van der Waals surface area (Å²) >= 11 is 1.76. The number of carbonyl (C=O) groups excluding carboxylic acids is 1. The topological polar surface area (TPSA) is 48.0 Å². The first-order valence-electron chi connectivity index (χ1n) is 8.22. The van der Waals surface area contributed by atoms with Crippen LogP contribution in [0.15, 0.2) is 42.5 Å². The fourth-order valence-corrected chi connectivity index (χ4v) is 4.34. The van der Waals surface area contributed by atoms with Gasteiger partial charge in [0.25, 0.3) is 5.91 Å². The Hall–Kier alpha value is -2.34. The van der Waals surface area contributed by atoms with Gasteiger partial charge in [-0.15, -0.1) is 11.8 Å². The zero-order valence-electron chi connectivity index (χ0n) is 13.9. The normalized spacial score (nSPS) is 18.9. The van der Waals surface area contributed by atoms with Crippen molar-refractivity contribution in [2.45, 2.75) is 5.37 Å². The molecule has 0 saturated carbocycles. The number of hydrogen-bond donors (Lipinski definition) is 0. The molecule has 130 valence electrons. The first kappa shape index (κ1) is 16.1. The quantitative estimate of drug-likeness (QED) is 0.843. The van der Waals surface area contributed by atoms with Crippen LogP contribution in [0.5, 0.6) is 17.2 Å². The molecule has 25 heavy (non-hydrogen) atoms. The Morgan fingerprint density at radius 3 is 2.84 bits per heavy atom. The van der Waals surface area contributed by atoms with Crippen LogP contribution in [0.1, 0.15) is 21.3 Å². The van der Waals surface area contributed by atoms with Gasteiger partial charge < -0.3 is 19.1 Å². The zero-order chi connectivity index (χ0) is 17.2. The zero-order valence-corrected chi connectivity index (χ0v) is 14.8. The van der Waals surface area contributed by atoms with Crippen LogP contribution in [0.25, 0.3) is 0 Å². The molecule has 0 unspecified atom stereocenters. The molecular weight excluding hydrogens is 338 g/mol. The summed E-state index contributed by atoms with van der Waals surface area (Å²) in [7, 11) is 1.60. The van der Waals surface area contributed by atoms with Gasteiger partial charge in [-0.3, -0.25) is 4.79 Å². The monoisotopic (exact) mass is 357 g/mol. The predicted molar refractivity (Wildman–Crippen MR) is 96.7 cm³/mol. The summed E-state index contributed by atoms with van der Waals surface area (Å²) in [5.74, 6) is 3.14. The second-order valence-corrected chi connectivity index (χ2v) is 7.04. The first-order valence-corrected chi connectivity index (χ1v) is 9.27. The maximum absolute atomic E-state index is 13.0. The summed E-state index contributed by atoms with van der Waals surface area (Å²) in [6, 6.07) is 13.2. The second kappa shape index (κ2) is 6.88. The highest BCUT2D eigenvalue weighted by Gasteiger charge is 2.32. The number of nitrogens with zero attached hydrogens (tertiary/aromatic N) is 1. The number of benzene rings is 2. The molecule has 0 spiro atoms. The summed E-state index contributed by atoms with van der Waals surface area (Å²) in [6.45, 7) is 1.85. The van der Waals surface area contributed by atoms with E-state index in [0.717, 1.165) is 29.4 Å². The van der Waals surface area contributed by atoms with Gasteiger partial charge >= 0.3 is 0 Å². The van der Waals surface area contributed by atoms with E-state index in [4.69, 9.17) is 14.2 Å². The molecule has 2 aromatic rings. The highest BCUT2D eigenvalue weighted by Crippen LogP contribution is 2.42. The van der Waals surface area contributed by atoms with Crippen molar-refractivity contribution in [3.05, 3.63) is 53.6 Å². The van der Waals surface area contributed by atoms with Crippen LogP contribution in [-0.4, -0.2) is 43.4 Å². The largest absolute Gasteiger partial charge is 0.497 e. The minimum Gasteiger partial charge on any atom is -0.497 e. The molecule has 0 aliphatic carbocycles. The molecule has 1 amide bonds. The summed E-state index contributed by atoms with van der Waals surface area (Å²) in [6.07, 6.45) is 0. The summed E-state index contributed by atoms with van der Waals surface area (Å²) < 4.78 is 16.5. The standard InChI is InChI=1S/C19H19NO4S/c1-22-15-4-2-3-13(11-15)18(21)20-7-10-25-19(20)14-5-6-16-17(12-14)24-9-8-23-16/h2-6,11-12,19H,7-10H2,1H3/t19-/m0/s1. The molecule has 0 N–H and O–H groups in total. The minimum absolute atomic E-state index is 0.0174. The van der Waals surface area contributed by atoms with Crippen LogP contribution in [0.3, 0.4) is 0 Å². The molecular formula is C19H19NO4S. The van der Waals surface area contributed by atoms with E-state index in [-0.39, 0.29) is 11.3 Å². The van der Waals surface area contributed by atoms with Crippen molar-refractivity contribution in [1.29, 1.82) is 0 Å². The fraction of sp³-hybridized carbons (Fsp3) is 0.316. The van der Waals surface area contributed by atoms with E-state index in [0.29, 0.717) is 24.5 Å². The van der Waals surface area contributed by atoms with E-state index < -0.39 is 0 Å². The van der Waals surface area contributed by atoms with Crippen LogP contribution in [0.2, 0.25) is 0 Å². The summed E-state index contributed by atoms with van der Waals surface area (Å²) in [4.78, 5) is 14.9. The Labute approximate surface area is 150 Å². The highest BCUT2D eigenvalue weighted by molar-refractivity contribution is 7.99. The smallest absolute Gasteiger partial charge is 0.255 e. The Bertz CT molecular complexity index is 795. The van der Waals surface area contributed by atoms with Gasteiger partial charge in [-0.25, -0.2) is 0 Å². The van der Waals surface area contributed by atoms with E-state index >= 15 is 0 Å². The van der Waals surface area contributed by atoms with E-state index in [1.54, 1.807) is 24.9 Å². The van der Waals surface area contributed by atoms with Crippen molar-refractivity contribution in [3.8, 4) is 17.2 Å². The van der Waals surface area contributed by atoms with Gasteiger partial charge in [-0.2, -0.15) is 0 Å². The number of methoxy groups -OCH3 is 1. The SMILES string of the molecule is COc1cccc(C(=O)N2CCS[C@H]2c2ccc3c(c2)OCCO3)c1. The van der Waals surface area contributed by atoms with Gasteiger partial charge in [0.2, 0.25) is 0 Å². The van der Waals surface area contributed by atoms with Crippen LogP contribution < -0.4 is 14.2 Å². The van der Waals surface area contributed by atoms with Crippen molar-refractivity contribution in [3.63, 3.8) is 0 Å². The molecule has 1 saturated heterocycles. The number of rotatable bonds is 3. The van der Waals surface area contributed by atoms with Crippen molar-refractivity contribution >= 4 is 17.7 Å². The fourth-order valence-electron chi connectivity index (χ4n) is 3.09. The lowest BCUT2D eigenvalue weighted by atomic mass is 10.1. The van der Waals surface area contributed by atoms with Crippen LogP contribution >= 0.6 is 11.8 Å². The van der Waals surface area contributed by atoms with E-state index in [1.165, 1.54) is 0 Å². The average Bonchev–Trinajstić information content (AvgIpc) is 3.17. The van der Waals surface area contributed by atoms with Crippen molar-refractivity contribution < 1.29 is 19.0 Å². The molecule has 2 aliphatic rings. The minimum atomic E-state index is -0.0190. The third kappa shape index (κ3) is 3.14. The Balaban J connectivity index is 1.60. The lowest BCUT2D eigenvalue weighted by Gasteiger charge is -2.26. The van der Waals surface area contributed by atoms with Gasteiger partial charge in [0.1, 0.15) is 24.3 Å².